The van der Waals surface area contributed by atoms with Crippen molar-refractivity contribution in [3.8, 4) is 5.75 Å². The maximum absolute atomic E-state index is 14.1. The van der Waals surface area contributed by atoms with E-state index in [-0.39, 0.29) is 24.7 Å². The Labute approximate surface area is 178 Å². The number of aryl methyl sites for hydroxylation is 1. The Morgan fingerprint density at radius 3 is 2.61 bits per heavy atom. The summed E-state index contributed by atoms with van der Waals surface area (Å²) in [6.45, 7) is 4.84. The van der Waals surface area contributed by atoms with Crippen molar-refractivity contribution in [3.63, 3.8) is 0 Å². The molecule has 160 valence electrons. The van der Waals surface area contributed by atoms with Crippen LogP contribution in [0.4, 0.5) is 4.39 Å². The minimum Gasteiger partial charge on any atom is -0.460 e. The summed E-state index contributed by atoms with van der Waals surface area (Å²) in [4.78, 5) is 27.4. The van der Waals surface area contributed by atoms with Crippen molar-refractivity contribution in [2.75, 3.05) is 0 Å². The Kier molecular flexibility index (Phi) is 5.61. The third-order valence-corrected chi connectivity index (χ3v) is 5.25. The molecule has 0 aliphatic carbocycles. The van der Waals surface area contributed by atoms with E-state index >= 15 is 0 Å². The van der Waals surface area contributed by atoms with E-state index in [2.05, 4.69) is 4.98 Å². The molecule has 0 radical (unpaired) electrons. The van der Waals surface area contributed by atoms with Gasteiger partial charge in [-0.3, -0.25) is 4.79 Å². The molecule has 0 amide bonds. The predicted octanol–water partition coefficient (Wildman–Crippen LogP) is 4.94. The first-order valence-corrected chi connectivity index (χ1v) is 9.87. The van der Waals surface area contributed by atoms with Gasteiger partial charge >= 0.3 is 5.97 Å². The summed E-state index contributed by atoms with van der Waals surface area (Å²) in [5.41, 5.74) is 3.59. The number of esters is 1. The van der Waals surface area contributed by atoms with Gasteiger partial charge in [0.15, 0.2) is 5.78 Å². The van der Waals surface area contributed by atoms with Gasteiger partial charge in [-0.2, -0.15) is 0 Å². The molecule has 1 aliphatic rings. The SMILES string of the molecule is CC(=O)c1c(C)[nH]c(C(=O)OCc2cc(F)cc3c2OC(c2ccccc2)OC3)c1C. The zero-order valence-electron chi connectivity index (χ0n) is 17.5. The number of hydrogen-bond donors (Lipinski definition) is 1. The monoisotopic (exact) mass is 423 g/mol. The lowest BCUT2D eigenvalue weighted by Gasteiger charge is -2.28. The number of rotatable bonds is 5. The van der Waals surface area contributed by atoms with Crippen molar-refractivity contribution in [2.45, 2.75) is 40.3 Å². The molecule has 1 atom stereocenters. The number of benzene rings is 2. The lowest BCUT2D eigenvalue weighted by atomic mass is 10.1. The molecule has 7 heteroatoms. The van der Waals surface area contributed by atoms with Crippen LogP contribution < -0.4 is 4.74 Å². The minimum absolute atomic E-state index is 0.134. The number of nitrogens with one attached hydrogen (secondary N) is 1. The van der Waals surface area contributed by atoms with Gasteiger partial charge in [-0.05, 0) is 38.5 Å². The van der Waals surface area contributed by atoms with Crippen LogP contribution in [0.5, 0.6) is 5.75 Å². The van der Waals surface area contributed by atoms with Gasteiger partial charge in [0.05, 0.1) is 6.61 Å². The number of H-pyrrole nitrogens is 1. The van der Waals surface area contributed by atoms with Gasteiger partial charge in [0.2, 0.25) is 6.29 Å². The Morgan fingerprint density at radius 2 is 1.94 bits per heavy atom. The van der Waals surface area contributed by atoms with Crippen LogP contribution in [0.1, 0.15) is 62.0 Å². The third kappa shape index (κ3) is 4.09. The van der Waals surface area contributed by atoms with Crippen molar-refractivity contribution in [3.05, 3.63) is 87.5 Å². The number of aromatic nitrogens is 1. The van der Waals surface area contributed by atoms with Crippen LogP contribution >= 0.6 is 0 Å². The van der Waals surface area contributed by atoms with E-state index in [0.717, 1.165) is 5.56 Å². The molecular weight excluding hydrogens is 401 g/mol. The first-order valence-electron chi connectivity index (χ1n) is 9.87. The van der Waals surface area contributed by atoms with E-state index in [1.165, 1.54) is 19.1 Å². The molecule has 6 nitrogen and oxygen atoms in total. The average Bonchev–Trinajstić information content (AvgIpc) is 3.06. The van der Waals surface area contributed by atoms with Gasteiger partial charge in [0.1, 0.15) is 23.9 Å². The number of Topliss-reactive ketones (excluding diaryl/α,β-unsaturated/α-hetero) is 1. The summed E-state index contributed by atoms with van der Waals surface area (Å²) < 4.78 is 31.3. The summed E-state index contributed by atoms with van der Waals surface area (Å²) in [6, 6.07) is 12.0. The van der Waals surface area contributed by atoms with E-state index < -0.39 is 18.1 Å². The van der Waals surface area contributed by atoms with Crippen molar-refractivity contribution in [1.29, 1.82) is 0 Å². The molecule has 1 unspecified atom stereocenters. The smallest absolute Gasteiger partial charge is 0.355 e. The van der Waals surface area contributed by atoms with E-state index in [1.807, 2.05) is 30.3 Å². The summed E-state index contributed by atoms with van der Waals surface area (Å²) in [7, 11) is 0. The predicted molar refractivity (Wildman–Crippen MR) is 110 cm³/mol. The number of ketones is 1. The van der Waals surface area contributed by atoms with E-state index in [9.17, 15) is 14.0 Å². The molecule has 0 bridgehead atoms. The van der Waals surface area contributed by atoms with Crippen LogP contribution in [-0.4, -0.2) is 16.7 Å². The summed E-state index contributed by atoms with van der Waals surface area (Å²) in [5.74, 6) is -0.790. The fraction of sp³-hybridized carbons (Fsp3) is 0.250. The molecule has 1 N–H and O–H groups in total. The second kappa shape index (κ2) is 8.35. The lowest BCUT2D eigenvalue weighted by Crippen LogP contribution is -2.20. The van der Waals surface area contributed by atoms with Gasteiger partial charge in [-0.25, -0.2) is 9.18 Å². The highest BCUT2D eigenvalue weighted by atomic mass is 19.1. The molecule has 4 rings (SSSR count). The fourth-order valence-corrected chi connectivity index (χ4v) is 3.86. The van der Waals surface area contributed by atoms with Gasteiger partial charge in [0.25, 0.3) is 0 Å². The topological polar surface area (TPSA) is 77.6 Å². The highest BCUT2D eigenvalue weighted by Gasteiger charge is 2.26. The Bertz CT molecular complexity index is 1150. The van der Waals surface area contributed by atoms with Crippen LogP contribution in [0, 0.1) is 19.7 Å². The highest BCUT2D eigenvalue weighted by Crippen LogP contribution is 2.37. The number of carbonyl (C=O) groups excluding carboxylic acids is 2. The zero-order chi connectivity index (χ0) is 22.1. The Balaban J connectivity index is 1.56. The van der Waals surface area contributed by atoms with Gasteiger partial charge in [-0.15, -0.1) is 0 Å². The molecule has 2 aromatic carbocycles. The molecule has 1 aliphatic heterocycles. The Hall–Kier alpha value is -3.45. The number of halogens is 1. The quantitative estimate of drug-likeness (QED) is 0.465. The molecule has 0 spiro atoms. The maximum Gasteiger partial charge on any atom is 0.355 e. The van der Waals surface area contributed by atoms with Crippen molar-refractivity contribution in [2.24, 2.45) is 0 Å². The van der Waals surface area contributed by atoms with Crippen LogP contribution in [0.25, 0.3) is 0 Å². The fourth-order valence-electron chi connectivity index (χ4n) is 3.86. The Morgan fingerprint density at radius 1 is 1.19 bits per heavy atom. The molecule has 0 saturated heterocycles. The lowest BCUT2D eigenvalue weighted by molar-refractivity contribution is -0.112. The van der Waals surface area contributed by atoms with Gasteiger partial charge < -0.3 is 19.2 Å². The van der Waals surface area contributed by atoms with Crippen LogP contribution in [0.15, 0.2) is 42.5 Å². The first kappa shape index (κ1) is 20.8. The van der Waals surface area contributed by atoms with E-state index in [0.29, 0.717) is 33.7 Å². The van der Waals surface area contributed by atoms with Gasteiger partial charge in [0, 0.05) is 27.9 Å². The van der Waals surface area contributed by atoms with Crippen molar-refractivity contribution < 1.29 is 28.2 Å². The standard InChI is InChI=1S/C24H22FNO5/c1-13-20(15(3)27)14(2)26-21(13)23(28)29-11-17-9-19(25)10-18-12-30-24(31-22(17)18)16-7-5-4-6-8-16/h4-10,24,26H,11-12H2,1-3H3. The van der Waals surface area contributed by atoms with E-state index in [1.54, 1.807) is 13.8 Å². The molecule has 2 heterocycles. The second-order valence-electron chi connectivity index (χ2n) is 7.48. The minimum atomic E-state index is -0.639. The van der Waals surface area contributed by atoms with Crippen LogP contribution in [0.2, 0.25) is 0 Å². The molecule has 3 aromatic rings. The molecule has 1 aromatic heterocycles. The van der Waals surface area contributed by atoms with Gasteiger partial charge in [-0.1, -0.05) is 30.3 Å². The van der Waals surface area contributed by atoms with Crippen molar-refractivity contribution >= 4 is 11.8 Å². The maximum atomic E-state index is 14.1. The first-order chi connectivity index (χ1) is 14.8. The molecule has 31 heavy (non-hydrogen) atoms. The summed E-state index contributed by atoms with van der Waals surface area (Å²) >= 11 is 0. The summed E-state index contributed by atoms with van der Waals surface area (Å²) in [6.07, 6.45) is -0.639. The molecule has 0 saturated carbocycles. The van der Waals surface area contributed by atoms with E-state index in [4.69, 9.17) is 14.2 Å². The number of fused-ring (bicyclic) bond motifs is 1. The summed E-state index contributed by atoms with van der Waals surface area (Å²) in [5, 5.41) is 0. The second-order valence-corrected chi connectivity index (χ2v) is 7.48. The zero-order valence-corrected chi connectivity index (χ0v) is 17.5. The largest absolute Gasteiger partial charge is 0.460 e. The van der Waals surface area contributed by atoms with Crippen LogP contribution in [-0.2, 0) is 22.7 Å². The van der Waals surface area contributed by atoms with Crippen LogP contribution in [0.3, 0.4) is 0 Å². The average molecular weight is 423 g/mol. The highest BCUT2D eigenvalue weighted by molar-refractivity contribution is 6.01. The number of hydrogen-bond acceptors (Lipinski definition) is 5. The normalized spacial score (nSPS) is 15.2. The van der Waals surface area contributed by atoms with Crippen molar-refractivity contribution in [1.82, 2.24) is 4.98 Å². The third-order valence-electron chi connectivity index (χ3n) is 5.25. The number of aromatic amines is 1. The number of ether oxygens (including phenoxy) is 3. The molecule has 0 fully saturated rings. The number of carbonyl (C=O) groups is 2. The molecular formula is C24H22FNO5.